The van der Waals surface area contributed by atoms with E-state index < -0.39 is 14.3 Å². The zero-order valence-electron chi connectivity index (χ0n) is 18.7. The summed E-state index contributed by atoms with van der Waals surface area (Å²) in [7, 11) is 1.02. The fourth-order valence-corrected chi connectivity index (χ4v) is 4.06. The Bertz CT molecular complexity index is 708. The Morgan fingerprint density at radius 3 is 2.48 bits per heavy atom. The van der Waals surface area contributed by atoms with Crippen molar-refractivity contribution in [1.82, 2.24) is 4.98 Å². The number of halogens is 1. The predicted octanol–water partition coefficient (Wildman–Crippen LogP) is 5.87. The van der Waals surface area contributed by atoms with Crippen LogP contribution in [-0.4, -0.2) is 45.7 Å². The van der Waals surface area contributed by atoms with E-state index >= 15 is 0 Å². The van der Waals surface area contributed by atoms with Crippen molar-refractivity contribution in [2.24, 2.45) is 0 Å². The van der Waals surface area contributed by atoms with Gasteiger partial charge in [0.15, 0.2) is 19.9 Å². The van der Waals surface area contributed by atoms with Crippen LogP contribution < -0.4 is 0 Å². The summed E-state index contributed by atoms with van der Waals surface area (Å²) >= 11 is 2.19. The van der Waals surface area contributed by atoms with Crippen LogP contribution >= 0.6 is 22.6 Å². The lowest BCUT2D eigenvalue weighted by atomic mass is 9.98. The minimum atomic E-state index is -1.97. The monoisotopic (exact) mass is 535 g/mol. The lowest BCUT2D eigenvalue weighted by Crippen LogP contribution is -2.44. The Morgan fingerprint density at radius 2 is 1.97 bits per heavy atom. The quantitative estimate of drug-likeness (QED) is 0.162. The molecule has 29 heavy (non-hydrogen) atoms. The number of oxazole rings is 1. The van der Waals surface area contributed by atoms with Gasteiger partial charge in [-0.05, 0) is 22.2 Å². The number of ether oxygens (including phenoxy) is 2. The third-order valence-corrected chi connectivity index (χ3v) is 10.3. The van der Waals surface area contributed by atoms with Gasteiger partial charge >= 0.3 is 5.97 Å². The number of aromatic nitrogens is 1. The largest absolute Gasteiger partial charge is 0.464 e. The van der Waals surface area contributed by atoms with Crippen molar-refractivity contribution in [3.63, 3.8) is 0 Å². The molecule has 0 unspecified atom stereocenters. The summed E-state index contributed by atoms with van der Waals surface area (Å²) in [4.78, 5) is 15.9. The molecule has 0 saturated carbocycles. The van der Waals surface area contributed by atoms with Gasteiger partial charge in [-0.15, -0.1) is 0 Å². The number of allylic oxidation sites excluding steroid dienone is 2. The van der Waals surface area contributed by atoms with Crippen molar-refractivity contribution in [2.45, 2.75) is 70.4 Å². The van der Waals surface area contributed by atoms with Gasteiger partial charge in [-0.25, -0.2) is 9.78 Å². The predicted molar refractivity (Wildman–Crippen MR) is 126 cm³/mol. The van der Waals surface area contributed by atoms with Gasteiger partial charge < -0.3 is 18.3 Å². The first-order chi connectivity index (χ1) is 13.5. The number of methoxy groups -OCH3 is 2. The topological polar surface area (TPSA) is 70.8 Å². The van der Waals surface area contributed by atoms with Gasteiger partial charge in [-0.3, -0.25) is 0 Å². The van der Waals surface area contributed by atoms with Gasteiger partial charge in [0.2, 0.25) is 0 Å². The van der Waals surface area contributed by atoms with Crippen LogP contribution in [-0.2, 0) is 13.9 Å². The molecule has 1 rings (SSSR count). The van der Waals surface area contributed by atoms with Crippen LogP contribution in [0.1, 0.15) is 56.4 Å². The van der Waals surface area contributed by atoms with E-state index in [1.54, 1.807) is 7.11 Å². The van der Waals surface area contributed by atoms with E-state index in [9.17, 15) is 4.79 Å². The maximum atomic E-state index is 11.7. The minimum absolute atomic E-state index is 0.102. The van der Waals surface area contributed by atoms with Gasteiger partial charge in [-0.1, -0.05) is 68.5 Å². The maximum Gasteiger partial charge on any atom is 0.360 e. The number of rotatable bonds is 10. The molecule has 3 atom stereocenters. The number of hydrogen-bond donors (Lipinski definition) is 0. The Labute approximate surface area is 189 Å². The molecule has 0 aliphatic rings. The molecule has 0 bridgehead atoms. The first-order valence-corrected chi connectivity index (χ1v) is 13.8. The SMILES string of the molecule is COC(=O)c1coc([C@H](C)[C@@H](C[C@H](/C=C/C=C/I)O[Si](C)(C)C(C)(C)C)OC)n1. The van der Waals surface area contributed by atoms with Crippen LogP contribution in [0.5, 0.6) is 0 Å². The average Bonchev–Trinajstić information content (AvgIpc) is 3.13. The molecule has 0 aliphatic carbocycles. The van der Waals surface area contributed by atoms with E-state index in [4.69, 9.17) is 18.3 Å². The molecule has 0 fully saturated rings. The minimum Gasteiger partial charge on any atom is -0.464 e. The highest BCUT2D eigenvalue weighted by Crippen LogP contribution is 2.38. The Balaban J connectivity index is 3.03. The molecule has 6 nitrogen and oxygen atoms in total. The summed E-state index contributed by atoms with van der Waals surface area (Å²) in [5, 5.41) is 0.102. The van der Waals surface area contributed by atoms with E-state index in [0.717, 1.165) is 0 Å². The van der Waals surface area contributed by atoms with Crippen LogP contribution in [0.15, 0.2) is 33.0 Å². The van der Waals surface area contributed by atoms with Crippen LogP contribution in [0, 0.1) is 0 Å². The molecule has 0 aromatic carbocycles. The van der Waals surface area contributed by atoms with E-state index in [0.29, 0.717) is 12.3 Å². The summed E-state index contributed by atoms with van der Waals surface area (Å²) in [5.74, 6) is -0.231. The van der Waals surface area contributed by atoms with Crippen molar-refractivity contribution >= 4 is 36.9 Å². The highest BCUT2D eigenvalue weighted by molar-refractivity contribution is 14.1. The van der Waals surface area contributed by atoms with Gasteiger partial charge in [-0.2, -0.15) is 0 Å². The number of carbonyl (C=O) groups is 1. The summed E-state index contributed by atoms with van der Waals surface area (Å²) in [6.07, 6.45) is 7.72. The Morgan fingerprint density at radius 1 is 1.31 bits per heavy atom. The lowest BCUT2D eigenvalue weighted by Gasteiger charge is -2.39. The second-order valence-electron chi connectivity index (χ2n) is 8.48. The molecule has 0 saturated heterocycles. The van der Waals surface area contributed by atoms with E-state index in [-0.39, 0.29) is 28.9 Å². The van der Waals surface area contributed by atoms with Crippen molar-refractivity contribution in [3.05, 3.63) is 40.2 Å². The van der Waals surface area contributed by atoms with Gasteiger partial charge in [0, 0.05) is 13.5 Å². The number of hydrogen-bond acceptors (Lipinski definition) is 6. The zero-order chi connectivity index (χ0) is 22.2. The van der Waals surface area contributed by atoms with Crippen LogP contribution in [0.4, 0.5) is 0 Å². The molecule has 0 spiro atoms. The normalized spacial score (nSPS) is 16.3. The number of esters is 1. The molecule has 0 aliphatic heterocycles. The first kappa shape index (κ1) is 26.1. The van der Waals surface area contributed by atoms with Crippen molar-refractivity contribution in [1.29, 1.82) is 0 Å². The van der Waals surface area contributed by atoms with Crippen LogP contribution in [0.2, 0.25) is 18.1 Å². The third kappa shape index (κ3) is 7.65. The fourth-order valence-electron chi connectivity index (χ4n) is 2.54. The zero-order valence-corrected chi connectivity index (χ0v) is 21.8. The standard InChI is InChI=1S/C21H34INO5Si/c1-15(19-23-17(14-27-19)20(24)26-6)18(25-5)13-16(11-9-10-12-22)28-29(7,8)21(2,3)4/h9-12,14-16,18H,13H2,1-8H3/b11-9+,12-10+/t15-,16+,18-/m1/s1. The number of nitrogens with zero attached hydrogens (tertiary/aromatic N) is 1. The van der Waals surface area contributed by atoms with Crippen LogP contribution in [0.25, 0.3) is 0 Å². The van der Waals surface area contributed by atoms with E-state index in [1.807, 2.05) is 23.2 Å². The first-order valence-electron chi connectivity index (χ1n) is 9.64. The highest BCUT2D eigenvalue weighted by Gasteiger charge is 2.39. The van der Waals surface area contributed by atoms with Crippen LogP contribution in [0.3, 0.4) is 0 Å². The molecule has 164 valence electrons. The second-order valence-corrected chi connectivity index (χ2v) is 14.0. The summed E-state index contributed by atoms with van der Waals surface area (Å²) in [6.45, 7) is 13.1. The van der Waals surface area contributed by atoms with E-state index in [1.165, 1.54) is 13.4 Å². The second kappa shape index (κ2) is 11.4. The molecular weight excluding hydrogens is 501 g/mol. The molecular formula is C21H34INO5Si. The Kier molecular flexibility index (Phi) is 10.3. The van der Waals surface area contributed by atoms with Crippen molar-refractivity contribution in [2.75, 3.05) is 14.2 Å². The molecule has 8 heteroatoms. The molecule has 0 radical (unpaired) electrons. The van der Waals surface area contributed by atoms with Crippen molar-refractivity contribution < 1.29 is 23.1 Å². The summed E-state index contributed by atoms with van der Waals surface area (Å²) in [5.41, 5.74) is 0.158. The molecule has 1 aromatic heterocycles. The lowest BCUT2D eigenvalue weighted by molar-refractivity contribution is 0.0415. The summed E-state index contributed by atoms with van der Waals surface area (Å²) in [6, 6.07) is 0. The molecule has 1 heterocycles. The third-order valence-electron chi connectivity index (χ3n) is 5.39. The van der Waals surface area contributed by atoms with Crippen molar-refractivity contribution in [3.8, 4) is 0 Å². The Hall–Kier alpha value is -0.973. The number of carbonyl (C=O) groups excluding carboxylic acids is 1. The van der Waals surface area contributed by atoms with E-state index in [2.05, 4.69) is 67.5 Å². The maximum absolute atomic E-state index is 11.7. The summed E-state index contributed by atoms with van der Waals surface area (Å²) < 4.78 is 24.6. The smallest absolute Gasteiger partial charge is 0.360 e. The molecule has 0 N–H and O–H groups in total. The highest BCUT2D eigenvalue weighted by atomic mass is 127. The molecule has 1 aromatic rings. The fraction of sp³-hybridized carbons (Fsp3) is 0.619. The van der Waals surface area contributed by atoms with Gasteiger partial charge in [0.05, 0.1) is 25.2 Å². The molecule has 0 amide bonds. The van der Waals surface area contributed by atoms with Gasteiger partial charge in [0.25, 0.3) is 0 Å². The average molecular weight is 535 g/mol. The van der Waals surface area contributed by atoms with Gasteiger partial charge in [0.1, 0.15) is 6.26 Å².